The van der Waals surface area contributed by atoms with Crippen molar-refractivity contribution in [2.75, 3.05) is 19.7 Å². The van der Waals surface area contributed by atoms with E-state index in [1.165, 1.54) is 0 Å². The number of fused-ring (bicyclic) bond motifs is 1. The molecule has 0 spiro atoms. The molecule has 0 unspecified atom stereocenters. The van der Waals surface area contributed by atoms with Crippen molar-refractivity contribution in [1.82, 2.24) is 4.90 Å². The number of carbonyl (C=O) groups is 1. The van der Waals surface area contributed by atoms with Crippen LogP contribution < -0.4 is 0 Å². The summed E-state index contributed by atoms with van der Waals surface area (Å²) in [5.41, 5.74) is 0.522. The summed E-state index contributed by atoms with van der Waals surface area (Å²) in [4.78, 5) is 18.3. The zero-order chi connectivity index (χ0) is 11.1. The minimum Gasteiger partial charge on any atom is -0.444 e. The van der Waals surface area contributed by atoms with E-state index < -0.39 is 5.60 Å². The number of rotatable bonds is 0. The van der Waals surface area contributed by atoms with E-state index in [4.69, 9.17) is 9.57 Å². The Morgan fingerprint density at radius 1 is 1.60 bits per heavy atom. The van der Waals surface area contributed by atoms with Crippen LogP contribution in [-0.4, -0.2) is 42.0 Å². The molecular weight excluding hydrogens is 196 g/mol. The van der Waals surface area contributed by atoms with Crippen LogP contribution in [-0.2, 0) is 9.57 Å². The zero-order valence-corrected chi connectivity index (χ0v) is 9.32. The molecule has 15 heavy (non-hydrogen) atoms. The number of likely N-dealkylation sites (tertiary alicyclic amines) is 1. The van der Waals surface area contributed by atoms with Gasteiger partial charge in [0, 0.05) is 6.54 Å². The van der Waals surface area contributed by atoms with Crippen LogP contribution in [0.15, 0.2) is 5.16 Å². The fraction of sp³-hybridized carbons (Fsp3) is 0.800. The van der Waals surface area contributed by atoms with Crippen LogP contribution in [0.5, 0.6) is 0 Å². The highest BCUT2D eigenvalue weighted by molar-refractivity contribution is 5.94. The molecule has 2 heterocycles. The van der Waals surface area contributed by atoms with Gasteiger partial charge in [0.2, 0.25) is 0 Å². The quantitative estimate of drug-likeness (QED) is 0.607. The molecule has 84 valence electrons. The van der Waals surface area contributed by atoms with Crippen LogP contribution in [0.4, 0.5) is 4.79 Å². The van der Waals surface area contributed by atoms with Gasteiger partial charge < -0.3 is 14.5 Å². The van der Waals surface area contributed by atoms with Gasteiger partial charge in [0.1, 0.15) is 12.2 Å². The summed E-state index contributed by atoms with van der Waals surface area (Å²) in [5.74, 6) is 0.275. The van der Waals surface area contributed by atoms with Crippen LogP contribution in [0.25, 0.3) is 0 Å². The Bertz CT molecular complexity index is 306. The molecule has 1 amide bonds. The molecule has 0 bridgehead atoms. The van der Waals surface area contributed by atoms with Gasteiger partial charge in [-0.3, -0.25) is 0 Å². The topological polar surface area (TPSA) is 51.1 Å². The van der Waals surface area contributed by atoms with Gasteiger partial charge in [0.15, 0.2) is 0 Å². The fourth-order valence-corrected chi connectivity index (χ4v) is 1.69. The predicted molar refractivity (Wildman–Crippen MR) is 54.7 cm³/mol. The average molecular weight is 212 g/mol. The van der Waals surface area contributed by atoms with Crippen LogP contribution in [0.3, 0.4) is 0 Å². The first kappa shape index (κ1) is 10.3. The number of ether oxygens (including phenoxy) is 1. The molecule has 0 aromatic rings. The predicted octanol–water partition coefficient (Wildman–Crippen LogP) is 1.24. The number of carbonyl (C=O) groups excluding carboxylic acids is 1. The van der Waals surface area contributed by atoms with E-state index in [1.807, 2.05) is 20.8 Å². The Morgan fingerprint density at radius 2 is 2.33 bits per heavy atom. The van der Waals surface area contributed by atoms with Crippen LogP contribution >= 0.6 is 0 Å². The summed E-state index contributed by atoms with van der Waals surface area (Å²) in [6.45, 7) is 7.38. The Balaban J connectivity index is 1.94. The van der Waals surface area contributed by atoms with E-state index >= 15 is 0 Å². The molecule has 5 heteroatoms. The zero-order valence-electron chi connectivity index (χ0n) is 9.32. The first-order valence-corrected chi connectivity index (χ1v) is 5.12. The highest BCUT2D eigenvalue weighted by Gasteiger charge is 2.37. The number of oxime groups is 1. The summed E-state index contributed by atoms with van der Waals surface area (Å²) in [5, 5.41) is 3.89. The molecule has 0 saturated carbocycles. The maximum absolute atomic E-state index is 11.7. The van der Waals surface area contributed by atoms with Gasteiger partial charge >= 0.3 is 6.09 Å². The third-order valence-corrected chi connectivity index (χ3v) is 2.37. The molecule has 0 radical (unpaired) electrons. The van der Waals surface area contributed by atoms with Crippen molar-refractivity contribution in [2.45, 2.75) is 26.4 Å². The summed E-state index contributed by atoms with van der Waals surface area (Å²) < 4.78 is 5.28. The van der Waals surface area contributed by atoms with E-state index in [9.17, 15) is 4.79 Å². The minimum absolute atomic E-state index is 0.264. The molecule has 1 fully saturated rings. The number of hydrogen-bond acceptors (Lipinski definition) is 4. The van der Waals surface area contributed by atoms with Gasteiger partial charge in [0.05, 0.1) is 18.2 Å². The minimum atomic E-state index is -0.437. The molecule has 2 rings (SSSR count). The normalized spacial score (nSPS) is 24.6. The van der Waals surface area contributed by atoms with E-state index in [0.29, 0.717) is 19.7 Å². The van der Waals surface area contributed by atoms with Gasteiger partial charge in [0.25, 0.3) is 0 Å². The van der Waals surface area contributed by atoms with E-state index in [-0.39, 0.29) is 12.0 Å². The lowest BCUT2D eigenvalue weighted by Gasteiger charge is -2.24. The Labute approximate surface area is 89.0 Å². The lowest BCUT2D eigenvalue weighted by molar-refractivity contribution is 0.0273. The van der Waals surface area contributed by atoms with Crippen molar-refractivity contribution in [1.29, 1.82) is 0 Å². The third kappa shape index (κ3) is 2.22. The largest absolute Gasteiger partial charge is 0.444 e. The first-order chi connectivity index (χ1) is 6.96. The molecule has 1 saturated heterocycles. The van der Waals surface area contributed by atoms with Crippen molar-refractivity contribution in [3.8, 4) is 0 Å². The maximum atomic E-state index is 11.7. The lowest BCUT2D eigenvalue weighted by atomic mass is 10.1. The van der Waals surface area contributed by atoms with Gasteiger partial charge in [-0.15, -0.1) is 0 Å². The summed E-state index contributed by atoms with van der Waals surface area (Å²) in [7, 11) is 0. The van der Waals surface area contributed by atoms with Crippen molar-refractivity contribution in [3.63, 3.8) is 0 Å². The standard InChI is InChI=1S/C10H16N2O3/c1-10(2,3)15-9(13)12-4-7-6-14-11-8(7)5-12/h7H,4-6H2,1-3H3/t7-/m0/s1. The molecule has 0 aromatic carbocycles. The molecule has 5 nitrogen and oxygen atoms in total. The molecule has 0 aliphatic carbocycles. The maximum Gasteiger partial charge on any atom is 0.410 e. The van der Waals surface area contributed by atoms with Crippen molar-refractivity contribution >= 4 is 11.8 Å². The van der Waals surface area contributed by atoms with Gasteiger partial charge in [-0.1, -0.05) is 5.16 Å². The van der Waals surface area contributed by atoms with Crippen molar-refractivity contribution in [3.05, 3.63) is 0 Å². The van der Waals surface area contributed by atoms with Crippen LogP contribution in [0.1, 0.15) is 20.8 Å². The van der Waals surface area contributed by atoms with Crippen molar-refractivity contribution in [2.24, 2.45) is 11.1 Å². The van der Waals surface area contributed by atoms with E-state index in [1.54, 1.807) is 4.90 Å². The smallest absolute Gasteiger partial charge is 0.410 e. The van der Waals surface area contributed by atoms with E-state index in [2.05, 4.69) is 5.16 Å². The Morgan fingerprint density at radius 3 is 2.93 bits per heavy atom. The molecule has 0 N–H and O–H groups in total. The molecule has 2 aliphatic heterocycles. The average Bonchev–Trinajstić information content (AvgIpc) is 2.56. The summed E-state index contributed by atoms with van der Waals surface area (Å²) in [6, 6.07) is 0. The van der Waals surface area contributed by atoms with Gasteiger partial charge in [-0.25, -0.2) is 4.79 Å². The highest BCUT2D eigenvalue weighted by atomic mass is 16.6. The third-order valence-electron chi connectivity index (χ3n) is 2.37. The number of amides is 1. The van der Waals surface area contributed by atoms with Crippen molar-refractivity contribution < 1.29 is 14.4 Å². The molecule has 1 atom stereocenters. The SMILES string of the molecule is CC(C)(C)OC(=O)N1CC2=NOC[C@@H]2C1. The second-order valence-electron chi connectivity index (χ2n) is 4.94. The second-order valence-corrected chi connectivity index (χ2v) is 4.94. The van der Waals surface area contributed by atoms with Crippen LogP contribution in [0, 0.1) is 5.92 Å². The lowest BCUT2D eigenvalue weighted by Crippen LogP contribution is -2.36. The fourth-order valence-electron chi connectivity index (χ4n) is 1.69. The molecular formula is C10H16N2O3. The van der Waals surface area contributed by atoms with Gasteiger partial charge in [-0.05, 0) is 20.8 Å². The second kappa shape index (κ2) is 3.40. The summed E-state index contributed by atoms with van der Waals surface area (Å²) >= 11 is 0. The Kier molecular flexibility index (Phi) is 2.32. The molecule has 0 aromatic heterocycles. The number of hydrogen-bond donors (Lipinski definition) is 0. The van der Waals surface area contributed by atoms with Gasteiger partial charge in [-0.2, -0.15) is 0 Å². The first-order valence-electron chi connectivity index (χ1n) is 5.12. The monoisotopic (exact) mass is 212 g/mol. The van der Waals surface area contributed by atoms with Crippen LogP contribution in [0.2, 0.25) is 0 Å². The van der Waals surface area contributed by atoms with E-state index in [0.717, 1.165) is 5.71 Å². The Hall–Kier alpha value is -1.26. The molecule has 2 aliphatic rings. The number of nitrogens with zero attached hydrogens (tertiary/aromatic N) is 2. The highest BCUT2D eigenvalue weighted by Crippen LogP contribution is 2.21. The summed E-state index contributed by atoms with van der Waals surface area (Å²) in [6.07, 6.45) is -0.264.